The Bertz CT molecular complexity index is 230. The van der Waals surface area contributed by atoms with Crippen LogP contribution in [0.25, 0.3) is 0 Å². The summed E-state index contributed by atoms with van der Waals surface area (Å²) < 4.78 is 0. The van der Waals surface area contributed by atoms with E-state index in [0.717, 1.165) is 11.0 Å². The Morgan fingerprint density at radius 3 is 2.42 bits per heavy atom. The van der Waals surface area contributed by atoms with Crippen molar-refractivity contribution < 1.29 is 0 Å². The molecule has 0 unspecified atom stereocenters. The van der Waals surface area contributed by atoms with E-state index in [4.69, 9.17) is 0 Å². The highest BCUT2D eigenvalue weighted by molar-refractivity contribution is 7.15. The summed E-state index contributed by atoms with van der Waals surface area (Å²) in [4.78, 5) is 0. The maximum atomic E-state index is 4.06. The molecule has 0 aromatic carbocycles. The van der Waals surface area contributed by atoms with E-state index in [-0.39, 0.29) is 0 Å². The van der Waals surface area contributed by atoms with Gasteiger partial charge >= 0.3 is 0 Å². The summed E-state index contributed by atoms with van der Waals surface area (Å²) in [7, 11) is 1.87. The van der Waals surface area contributed by atoms with Crippen molar-refractivity contribution in [3.8, 4) is 0 Å². The van der Waals surface area contributed by atoms with Crippen LogP contribution in [-0.4, -0.2) is 17.2 Å². The van der Waals surface area contributed by atoms with Crippen LogP contribution < -0.4 is 5.32 Å². The third kappa shape index (κ3) is 2.17. The van der Waals surface area contributed by atoms with Gasteiger partial charge < -0.3 is 5.32 Å². The second-order valence-corrected chi connectivity index (χ2v) is 3.48. The molecule has 0 saturated heterocycles. The van der Waals surface area contributed by atoms with Gasteiger partial charge in [-0.05, 0) is 12.8 Å². The fourth-order valence-electron chi connectivity index (χ4n) is 0.831. The van der Waals surface area contributed by atoms with Gasteiger partial charge in [0.05, 0.1) is 0 Å². The normalized spacial score (nSPS) is 14.9. The summed E-state index contributed by atoms with van der Waals surface area (Å²) in [5.41, 5.74) is 0. The van der Waals surface area contributed by atoms with Crippen LogP contribution in [0.15, 0.2) is 0 Å². The lowest BCUT2D eigenvalue weighted by atomic mass is 10.5. The van der Waals surface area contributed by atoms with Crippen molar-refractivity contribution in [3.05, 3.63) is 5.01 Å². The van der Waals surface area contributed by atoms with Gasteiger partial charge in [0, 0.05) is 13.0 Å². The molecule has 1 aliphatic rings. The lowest BCUT2D eigenvalue weighted by molar-refractivity contribution is 0.976. The first kappa shape index (κ1) is 9.45. The molecule has 4 heteroatoms. The molecular weight excluding hydrogens is 170 g/mol. The van der Waals surface area contributed by atoms with Gasteiger partial charge in [0.25, 0.3) is 0 Å². The summed E-state index contributed by atoms with van der Waals surface area (Å²) in [5.74, 6) is 0.736. The first-order valence-electron chi connectivity index (χ1n) is 4.41. The van der Waals surface area contributed by atoms with Crippen LogP contribution in [0.5, 0.6) is 0 Å². The second-order valence-electron chi connectivity index (χ2n) is 2.47. The van der Waals surface area contributed by atoms with Gasteiger partial charge in [0.15, 0.2) is 0 Å². The molecule has 1 fully saturated rings. The van der Waals surface area contributed by atoms with Crippen molar-refractivity contribution in [2.24, 2.45) is 0 Å². The van der Waals surface area contributed by atoms with E-state index >= 15 is 0 Å². The lowest BCUT2D eigenvalue weighted by Gasteiger charge is -1.84. The van der Waals surface area contributed by atoms with E-state index in [1.165, 1.54) is 17.8 Å². The van der Waals surface area contributed by atoms with Crippen LogP contribution >= 0.6 is 11.3 Å². The van der Waals surface area contributed by atoms with Crippen molar-refractivity contribution in [2.45, 2.75) is 32.6 Å². The standard InChI is InChI=1S/C6H9N3S.C2H6/c1-7-6-9-8-5(10-6)4-2-3-4;1-2/h4H,2-3H2,1H3,(H,7,9);1-2H3. The number of rotatable bonds is 2. The third-order valence-corrected chi connectivity index (χ3v) is 2.68. The first-order valence-corrected chi connectivity index (χ1v) is 5.23. The molecule has 0 bridgehead atoms. The van der Waals surface area contributed by atoms with Gasteiger partial charge in [-0.3, -0.25) is 0 Å². The van der Waals surface area contributed by atoms with Crippen molar-refractivity contribution in [3.63, 3.8) is 0 Å². The molecule has 1 N–H and O–H groups in total. The van der Waals surface area contributed by atoms with Crippen LogP contribution in [0.1, 0.15) is 37.6 Å². The number of aromatic nitrogens is 2. The van der Waals surface area contributed by atoms with Crippen LogP contribution in [0, 0.1) is 0 Å². The molecule has 1 aliphatic carbocycles. The molecule has 0 amide bonds. The highest BCUT2D eigenvalue weighted by Gasteiger charge is 2.27. The molecule has 1 aromatic rings. The fraction of sp³-hybridized carbons (Fsp3) is 0.750. The van der Waals surface area contributed by atoms with Crippen LogP contribution in [0.2, 0.25) is 0 Å². The van der Waals surface area contributed by atoms with E-state index in [2.05, 4.69) is 15.5 Å². The van der Waals surface area contributed by atoms with Gasteiger partial charge in [-0.1, -0.05) is 25.2 Å². The van der Waals surface area contributed by atoms with Gasteiger partial charge in [0.1, 0.15) is 5.01 Å². The smallest absolute Gasteiger partial charge is 0.205 e. The van der Waals surface area contributed by atoms with Gasteiger partial charge in [0.2, 0.25) is 5.13 Å². The number of nitrogens with zero attached hydrogens (tertiary/aromatic N) is 2. The molecule has 68 valence electrons. The molecule has 12 heavy (non-hydrogen) atoms. The molecule has 1 saturated carbocycles. The molecule has 0 atom stereocenters. The highest BCUT2D eigenvalue weighted by atomic mass is 32.1. The average molecular weight is 185 g/mol. The minimum absolute atomic E-state index is 0.736. The average Bonchev–Trinajstić information content (AvgIpc) is 2.88. The number of anilines is 1. The zero-order valence-electron chi connectivity index (χ0n) is 7.79. The molecular formula is C8H15N3S. The SMILES string of the molecule is CC.CNc1nnc(C2CC2)s1. The maximum absolute atomic E-state index is 4.06. The van der Waals surface area contributed by atoms with E-state index in [1.54, 1.807) is 11.3 Å². The van der Waals surface area contributed by atoms with Crippen molar-refractivity contribution in [1.29, 1.82) is 0 Å². The Hall–Kier alpha value is -0.640. The van der Waals surface area contributed by atoms with Gasteiger partial charge in [-0.2, -0.15) is 0 Å². The lowest BCUT2D eigenvalue weighted by Crippen LogP contribution is -1.84. The van der Waals surface area contributed by atoms with E-state index in [1.807, 2.05) is 20.9 Å². The number of nitrogens with one attached hydrogen (secondary N) is 1. The molecule has 0 aliphatic heterocycles. The number of hydrogen-bond donors (Lipinski definition) is 1. The van der Waals surface area contributed by atoms with E-state index in [9.17, 15) is 0 Å². The summed E-state index contributed by atoms with van der Waals surface area (Å²) in [5, 5.41) is 13.1. The monoisotopic (exact) mass is 185 g/mol. The Morgan fingerprint density at radius 1 is 1.33 bits per heavy atom. The summed E-state index contributed by atoms with van der Waals surface area (Å²) in [6.45, 7) is 4.00. The van der Waals surface area contributed by atoms with Crippen molar-refractivity contribution >= 4 is 16.5 Å². The van der Waals surface area contributed by atoms with Crippen LogP contribution in [-0.2, 0) is 0 Å². The Balaban J connectivity index is 0.000000336. The Kier molecular flexibility index (Phi) is 3.47. The Morgan fingerprint density at radius 2 is 2.00 bits per heavy atom. The summed E-state index contributed by atoms with van der Waals surface area (Å²) >= 11 is 1.67. The highest BCUT2D eigenvalue weighted by Crippen LogP contribution is 2.41. The van der Waals surface area contributed by atoms with Gasteiger partial charge in [-0.25, -0.2) is 0 Å². The topological polar surface area (TPSA) is 37.8 Å². The predicted octanol–water partition coefficient (Wildman–Crippen LogP) is 2.48. The van der Waals surface area contributed by atoms with Gasteiger partial charge in [-0.15, -0.1) is 10.2 Å². The first-order chi connectivity index (χ1) is 5.90. The largest absolute Gasteiger partial charge is 0.363 e. The van der Waals surface area contributed by atoms with Crippen LogP contribution in [0.4, 0.5) is 5.13 Å². The van der Waals surface area contributed by atoms with E-state index in [0.29, 0.717) is 0 Å². The minimum Gasteiger partial charge on any atom is -0.363 e. The minimum atomic E-state index is 0.736. The fourth-order valence-corrected chi connectivity index (χ4v) is 1.70. The Labute approximate surface area is 77.2 Å². The van der Waals surface area contributed by atoms with Crippen molar-refractivity contribution in [2.75, 3.05) is 12.4 Å². The quantitative estimate of drug-likeness (QED) is 0.769. The van der Waals surface area contributed by atoms with Crippen LogP contribution in [0.3, 0.4) is 0 Å². The maximum Gasteiger partial charge on any atom is 0.205 e. The second kappa shape index (κ2) is 4.40. The molecule has 3 nitrogen and oxygen atoms in total. The van der Waals surface area contributed by atoms with E-state index < -0.39 is 0 Å². The molecule has 0 spiro atoms. The molecule has 0 radical (unpaired) electrons. The molecule has 1 aromatic heterocycles. The zero-order valence-corrected chi connectivity index (χ0v) is 8.61. The third-order valence-electron chi connectivity index (χ3n) is 1.58. The molecule has 2 rings (SSSR count). The zero-order chi connectivity index (χ0) is 8.97. The summed E-state index contributed by atoms with van der Waals surface area (Å²) in [6, 6.07) is 0. The predicted molar refractivity (Wildman–Crippen MR) is 52.8 cm³/mol. The van der Waals surface area contributed by atoms with Crippen molar-refractivity contribution in [1.82, 2.24) is 10.2 Å². The molecule has 1 heterocycles. The summed E-state index contributed by atoms with van der Waals surface area (Å²) in [6.07, 6.45) is 2.61. The number of hydrogen-bond acceptors (Lipinski definition) is 4.